The van der Waals surface area contributed by atoms with E-state index in [9.17, 15) is 13.2 Å². The lowest BCUT2D eigenvalue weighted by Crippen LogP contribution is -2.06. The molecule has 0 aromatic heterocycles. The molecule has 2 aromatic carbocycles. The predicted octanol–water partition coefficient (Wildman–Crippen LogP) is 3.11. The number of hydrogen-bond acceptors (Lipinski definition) is 6. The summed E-state index contributed by atoms with van der Waals surface area (Å²) in [4.78, 5) is 11.1. The molecule has 0 saturated carbocycles. The molecule has 150 valence electrons. The third-order valence-electron chi connectivity index (χ3n) is 3.52. The molecular weight excluding hydrogens is 384 g/mol. The van der Waals surface area contributed by atoms with Crippen molar-refractivity contribution < 1.29 is 32.0 Å². The highest BCUT2D eigenvalue weighted by atomic mass is 32.2. The smallest absolute Gasteiger partial charge is 0.371 e. The van der Waals surface area contributed by atoms with Gasteiger partial charge < -0.3 is 18.8 Å². The van der Waals surface area contributed by atoms with Gasteiger partial charge in [0, 0.05) is 6.42 Å². The van der Waals surface area contributed by atoms with Crippen molar-refractivity contribution in [3.63, 3.8) is 0 Å². The molecule has 0 amide bonds. The molecule has 1 N–H and O–H groups in total. The first-order valence-electron chi connectivity index (χ1n) is 8.56. The lowest BCUT2D eigenvalue weighted by atomic mass is 10.1. The van der Waals surface area contributed by atoms with E-state index in [-0.39, 0.29) is 18.1 Å². The zero-order chi connectivity index (χ0) is 20.6. The first-order valence-corrected chi connectivity index (χ1v) is 10.4. The van der Waals surface area contributed by atoms with E-state index in [0.29, 0.717) is 24.3 Å². The van der Waals surface area contributed by atoms with Gasteiger partial charge in [-0.15, -0.1) is 0 Å². The van der Waals surface area contributed by atoms with Crippen LogP contribution >= 0.6 is 0 Å². The number of rotatable bonds is 10. The highest BCUT2D eigenvalue weighted by Crippen LogP contribution is 2.17. The Morgan fingerprint density at radius 1 is 1.04 bits per heavy atom. The number of aliphatic carboxylic acids is 1. The minimum absolute atomic E-state index is 0.112. The average molecular weight is 406 g/mol. The summed E-state index contributed by atoms with van der Waals surface area (Å²) in [6.07, 6.45) is 3.08. The summed E-state index contributed by atoms with van der Waals surface area (Å²) in [7, 11) is -3.53. The van der Waals surface area contributed by atoms with Crippen LogP contribution in [-0.2, 0) is 26.1 Å². The van der Waals surface area contributed by atoms with E-state index in [4.69, 9.17) is 18.8 Å². The minimum Gasteiger partial charge on any atom is -0.493 e. The molecule has 0 aliphatic carbocycles. The Hall–Kier alpha value is -3.00. The Morgan fingerprint density at radius 2 is 1.64 bits per heavy atom. The van der Waals surface area contributed by atoms with Crippen molar-refractivity contribution in [2.75, 3.05) is 19.5 Å². The second-order valence-electron chi connectivity index (χ2n) is 5.85. The van der Waals surface area contributed by atoms with Crippen molar-refractivity contribution in [3.8, 4) is 11.5 Å². The quantitative estimate of drug-likeness (QED) is 0.368. The van der Waals surface area contributed by atoms with Crippen LogP contribution in [-0.4, -0.2) is 39.0 Å². The number of carboxylic acids is 1. The molecule has 0 saturated heterocycles. The van der Waals surface area contributed by atoms with Gasteiger partial charge in [-0.3, -0.25) is 0 Å². The van der Waals surface area contributed by atoms with Crippen LogP contribution in [0.3, 0.4) is 0 Å². The molecule has 2 rings (SSSR count). The maximum atomic E-state index is 11.1. The molecule has 0 bridgehead atoms. The van der Waals surface area contributed by atoms with Crippen LogP contribution in [0.2, 0.25) is 0 Å². The molecule has 7 nitrogen and oxygen atoms in total. The van der Waals surface area contributed by atoms with Crippen molar-refractivity contribution in [2.24, 2.45) is 0 Å². The fourth-order valence-corrected chi connectivity index (χ4v) is 2.77. The van der Waals surface area contributed by atoms with Crippen molar-refractivity contribution in [2.45, 2.75) is 13.3 Å². The van der Waals surface area contributed by atoms with Gasteiger partial charge in [0.15, 0.2) is 0 Å². The molecule has 8 heteroatoms. The SMILES string of the molecule is CCO/C(=C\c1ccc(OCCc2ccc(OS(C)(=O)=O)cc2)cc1)C(=O)O. The third-order valence-corrected chi connectivity index (χ3v) is 4.01. The molecule has 0 spiro atoms. The molecule has 28 heavy (non-hydrogen) atoms. The van der Waals surface area contributed by atoms with E-state index < -0.39 is 16.1 Å². The topological polar surface area (TPSA) is 99.1 Å². The summed E-state index contributed by atoms with van der Waals surface area (Å²) in [5.41, 5.74) is 1.67. The molecule has 0 unspecified atom stereocenters. The Bertz CT molecular complexity index is 914. The monoisotopic (exact) mass is 406 g/mol. The predicted molar refractivity (Wildman–Crippen MR) is 105 cm³/mol. The fraction of sp³-hybridized carbons (Fsp3) is 0.250. The van der Waals surface area contributed by atoms with E-state index in [1.165, 1.54) is 6.08 Å². The molecule has 0 radical (unpaired) electrons. The summed E-state index contributed by atoms with van der Waals surface area (Å²) < 4.78 is 37.7. The van der Waals surface area contributed by atoms with Crippen LogP contribution in [0, 0.1) is 0 Å². The molecule has 0 fully saturated rings. The van der Waals surface area contributed by atoms with Gasteiger partial charge in [0.1, 0.15) is 11.5 Å². The second kappa shape index (κ2) is 9.80. The third kappa shape index (κ3) is 7.32. The summed E-state index contributed by atoms with van der Waals surface area (Å²) in [6.45, 7) is 2.43. The average Bonchev–Trinajstić information content (AvgIpc) is 2.63. The molecule has 0 aliphatic rings. The van der Waals surface area contributed by atoms with Crippen LogP contribution in [0.15, 0.2) is 54.3 Å². The summed E-state index contributed by atoms with van der Waals surface area (Å²) in [5.74, 6) is -0.305. The van der Waals surface area contributed by atoms with Crippen LogP contribution in [0.1, 0.15) is 18.1 Å². The molecule has 0 aliphatic heterocycles. The normalized spacial score (nSPS) is 11.7. The van der Waals surface area contributed by atoms with Gasteiger partial charge in [0.25, 0.3) is 0 Å². The van der Waals surface area contributed by atoms with Crippen LogP contribution in [0.5, 0.6) is 11.5 Å². The van der Waals surface area contributed by atoms with Crippen molar-refractivity contribution in [3.05, 3.63) is 65.4 Å². The fourth-order valence-electron chi connectivity index (χ4n) is 2.31. The Labute approximate surface area is 164 Å². The van der Waals surface area contributed by atoms with Crippen LogP contribution in [0.25, 0.3) is 6.08 Å². The summed E-state index contributed by atoms with van der Waals surface area (Å²) in [5, 5.41) is 9.06. The number of carbonyl (C=O) groups is 1. The zero-order valence-electron chi connectivity index (χ0n) is 15.6. The maximum absolute atomic E-state index is 11.1. The molecule has 2 aromatic rings. The molecule has 0 atom stereocenters. The van der Waals surface area contributed by atoms with E-state index in [2.05, 4.69) is 0 Å². The maximum Gasteiger partial charge on any atom is 0.371 e. The zero-order valence-corrected chi connectivity index (χ0v) is 16.4. The van der Waals surface area contributed by atoms with Crippen LogP contribution in [0.4, 0.5) is 0 Å². The van der Waals surface area contributed by atoms with Crippen molar-refractivity contribution in [1.29, 1.82) is 0 Å². The van der Waals surface area contributed by atoms with Gasteiger partial charge >= 0.3 is 16.1 Å². The minimum atomic E-state index is -3.53. The first-order chi connectivity index (χ1) is 13.3. The highest BCUT2D eigenvalue weighted by Gasteiger charge is 2.08. The van der Waals surface area contributed by atoms with Gasteiger partial charge in [0.2, 0.25) is 5.76 Å². The van der Waals surface area contributed by atoms with Gasteiger partial charge in [0.05, 0.1) is 19.5 Å². The summed E-state index contributed by atoms with van der Waals surface area (Å²) >= 11 is 0. The Balaban J connectivity index is 1.88. The van der Waals surface area contributed by atoms with E-state index >= 15 is 0 Å². The van der Waals surface area contributed by atoms with Crippen molar-refractivity contribution >= 4 is 22.2 Å². The molecule has 0 heterocycles. The number of hydrogen-bond donors (Lipinski definition) is 1. The number of ether oxygens (including phenoxy) is 2. The van der Waals surface area contributed by atoms with E-state index in [1.54, 1.807) is 55.5 Å². The standard InChI is InChI=1S/C20H22O7S/c1-3-25-19(20(21)22)14-16-6-8-17(9-7-16)26-13-12-15-4-10-18(11-5-15)27-28(2,23)24/h4-11,14H,3,12-13H2,1-2H3,(H,21,22)/b19-14-. The van der Waals surface area contributed by atoms with Gasteiger partial charge in [-0.05, 0) is 48.4 Å². The second-order valence-corrected chi connectivity index (χ2v) is 7.42. The number of benzene rings is 2. The van der Waals surface area contributed by atoms with E-state index in [0.717, 1.165) is 11.8 Å². The first kappa shape index (κ1) is 21.3. The van der Waals surface area contributed by atoms with Gasteiger partial charge in [-0.2, -0.15) is 8.42 Å². The highest BCUT2D eigenvalue weighted by molar-refractivity contribution is 7.86. The number of carboxylic acid groups (broad SMARTS) is 1. The van der Waals surface area contributed by atoms with Gasteiger partial charge in [-0.25, -0.2) is 4.79 Å². The Kier molecular flexibility index (Phi) is 7.45. The lowest BCUT2D eigenvalue weighted by molar-refractivity contribution is -0.136. The van der Waals surface area contributed by atoms with Gasteiger partial charge in [-0.1, -0.05) is 24.3 Å². The molecular formula is C20H22O7S. The Morgan fingerprint density at radius 3 is 2.18 bits per heavy atom. The van der Waals surface area contributed by atoms with E-state index in [1.807, 2.05) is 0 Å². The van der Waals surface area contributed by atoms with Crippen LogP contribution < -0.4 is 8.92 Å². The summed E-state index contributed by atoms with van der Waals surface area (Å²) in [6, 6.07) is 13.7. The van der Waals surface area contributed by atoms with Crippen molar-refractivity contribution in [1.82, 2.24) is 0 Å². The lowest BCUT2D eigenvalue weighted by Gasteiger charge is -2.08. The largest absolute Gasteiger partial charge is 0.493 e.